The Morgan fingerprint density at radius 3 is 2.60 bits per heavy atom. The quantitative estimate of drug-likeness (QED) is 0.652. The van der Waals surface area contributed by atoms with Crippen molar-refractivity contribution in [1.82, 2.24) is 4.72 Å². The summed E-state index contributed by atoms with van der Waals surface area (Å²) in [6, 6.07) is 2.34. The Kier molecular flexibility index (Phi) is 6.03. The van der Waals surface area contributed by atoms with Gasteiger partial charge in [0.2, 0.25) is 0 Å². The molecule has 112 valence electrons. The molecule has 3 N–H and O–H groups in total. The number of nitrogens with one attached hydrogen (secondary N) is 2. The van der Waals surface area contributed by atoms with Crippen molar-refractivity contribution in [2.24, 2.45) is 0 Å². The molecule has 10 heteroatoms. The number of carboxylic acids is 1. The van der Waals surface area contributed by atoms with E-state index in [0.29, 0.717) is 0 Å². The van der Waals surface area contributed by atoms with Crippen LogP contribution in [0.2, 0.25) is 10.0 Å². The van der Waals surface area contributed by atoms with Gasteiger partial charge in [-0.3, -0.25) is 4.72 Å². The van der Waals surface area contributed by atoms with Crippen molar-refractivity contribution in [3.05, 3.63) is 27.7 Å². The van der Waals surface area contributed by atoms with E-state index < -0.39 is 16.2 Å². The lowest BCUT2D eigenvalue weighted by atomic mass is 10.2. The number of rotatable bonds is 7. The van der Waals surface area contributed by atoms with Crippen LogP contribution in [-0.2, 0) is 14.9 Å². The van der Waals surface area contributed by atoms with Gasteiger partial charge in [0, 0.05) is 18.7 Å². The minimum atomic E-state index is -3.97. The van der Waals surface area contributed by atoms with Crippen LogP contribution in [0.3, 0.4) is 0 Å². The number of halogens is 2. The van der Waals surface area contributed by atoms with Crippen molar-refractivity contribution >= 4 is 45.1 Å². The molecule has 0 fully saturated rings. The van der Waals surface area contributed by atoms with Crippen molar-refractivity contribution in [3.63, 3.8) is 0 Å². The number of aromatic carboxylic acids is 1. The highest BCUT2D eigenvalue weighted by atomic mass is 35.5. The highest BCUT2D eigenvalue weighted by molar-refractivity contribution is 7.90. The number of hydrogen-bond donors (Lipinski definition) is 3. The van der Waals surface area contributed by atoms with Gasteiger partial charge in [0.15, 0.2) is 0 Å². The van der Waals surface area contributed by atoms with Crippen molar-refractivity contribution in [3.8, 4) is 0 Å². The molecule has 0 unspecified atom stereocenters. The molecule has 1 aromatic rings. The number of carboxylic acid groups (broad SMARTS) is 1. The summed E-state index contributed by atoms with van der Waals surface area (Å²) in [7, 11) is -2.55. The van der Waals surface area contributed by atoms with Crippen LogP contribution in [0.1, 0.15) is 10.4 Å². The summed E-state index contributed by atoms with van der Waals surface area (Å²) in [6.07, 6.45) is 0. The van der Waals surface area contributed by atoms with Crippen LogP contribution in [0, 0.1) is 0 Å². The van der Waals surface area contributed by atoms with Crippen LogP contribution in [-0.4, -0.2) is 39.8 Å². The fourth-order valence-corrected chi connectivity index (χ4v) is 2.80. The van der Waals surface area contributed by atoms with Crippen LogP contribution in [0.15, 0.2) is 12.1 Å². The summed E-state index contributed by atoms with van der Waals surface area (Å²) in [4.78, 5) is 11.1. The van der Waals surface area contributed by atoms with Gasteiger partial charge in [0.25, 0.3) is 10.2 Å². The first-order valence-electron chi connectivity index (χ1n) is 5.25. The number of methoxy groups -OCH3 is 1. The molecule has 0 aliphatic carbocycles. The first-order chi connectivity index (χ1) is 9.26. The van der Waals surface area contributed by atoms with E-state index in [0.717, 1.165) is 6.07 Å². The first kappa shape index (κ1) is 17.0. The van der Waals surface area contributed by atoms with E-state index in [9.17, 15) is 13.2 Å². The summed E-state index contributed by atoms with van der Waals surface area (Å²) in [5, 5.41) is 9.00. The Morgan fingerprint density at radius 1 is 1.40 bits per heavy atom. The second kappa shape index (κ2) is 7.09. The maximum absolute atomic E-state index is 11.7. The summed E-state index contributed by atoms with van der Waals surface area (Å²) < 4.78 is 32.4. The third-order valence-corrected chi connectivity index (χ3v) is 3.69. The predicted octanol–water partition coefficient (Wildman–Crippen LogP) is 1.58. The van der Waals surface area contributed by atoms with Gasteiger partial charge in [0.1, 0.15) is 0 Å². The zero-order valence-electron chi connectivity index (χ0n) is 10.3. The van der Waals surface area contributed by atoms with Gasteiger partial charge in [-0.25, -0.2) is 4.79 Å². The molecule has 0 amide bonds. The first-order valence-corrected chi connectivity index (χ1v) is 7.49. The fourth-order valence-electron chi connectivity index (χ4n) is 1.29. The maximum Gasteiger partial charge on any atom is 0.337 e. The Morgan fingerprint density at radius 2 is 2.05 bits per heavy atom. The zero-order valence-corrected chi connectivity index (χ0v) is 12.6. The zero-order chi connectivity index (χ0) is 15.3. The maximum atomic E-state index is 11.7. The molecule has 20 heavy (non-hydrogen) atoms. The van der Waals surface area contributed by atoms with E-state index in [2.05, 4.69) is 9.44 Å². The monoisotopic (exact) mass is 342 g/mol. The average molecular weight is 343 g/mol. The van der Waals surface area contributed by atoms with Crippen molar-refractivity contribution < 1.29 is 23.1 Å². The number of anilines is 1. The second-order valence-electron chi connectivity index (χ2n) is 3.61. The van der Waals surface area contributed by atoms with Gasteiger partial charge in [-0.2, -0.15) is 13.1 Å². The average Bonchev–Trinajstić information content (AvgIpc) is 2.32. The fraction of sp³-hybridized carbons (Fsp3) is 0.300. The molecule has 0 heterocycles. The summed E-state index contributed by atoms with van der Waals surface area (Å²) >= 11 is 11.5. The van der Waals surface area contributed by atoms with Gasteiger partial charge >= 0.3 is 5.97 Å². The lowest BCUT2D eigenvalue weighted by molar-refractivity contribution is 0.0698. The predicted molar refractivity (Wildman–Crippen MR) is 75.8 cm³/mol. The molecular weight excluding hydrogens is 331 g/mol. The Hall–Kier alpha value is -1.06. The summed E-state index contributed by atoms with van der Waals surface area (Å²) in [5.74, 6) is -1.36. The van der Waals surface area contributed by atoms with Crippen LogP contribution in [0.25, 0.3) is 0 Å². The number of benzene rings is 1. The smallest absolute Gasteiger partial charge is 0.337 e. The molecule has 0 radical (unpaired) electrons. The molecule has 0 bridgehead atoms. The normalized spacial score (nSPS) is 11.3. The van der Waals surface area contributed by atoms with E-state index in [1.54, 1.807) is 0 Å². The lowest BCUT2D eigenvalue weighted by Crippen LogP contribution is -2.33. The van der Waals surface area contributed by atoms with Gasteiger partial charge in [-0.15, -0.1) is 0 Å². The largest absolute Gasteiger partial charge is 0.478 e. The minimum absolute atomic E-state index is 0.0272. The van der Waals surface area contributed by atoms with E-state index >= 15 is 0 Å². The number of carbonyl (C=O) groups is 1. The van der Waals surface area contributed by atoms with Crippen LogP contribution >= 0.6 is 23.2 Å². The lowest BCUT2D eigenvalue weighted by Gasteiger charge is -2.13. The molecular formula is C10H12Cl2N2O5S. The Labute approximate surface area is 126 Å². The van der Waals surface area contributed by atoms with Gasteiger partial charge in [-0.05, 0) is 12.1 Å². The highest BCUT2D eigenvalue weighted by Crippen LogP contribution is 2.30. The summed E-state index contributed by atoms with van der Waals surface area (Å²) in [5.41, 5.74) is -0.604. The molecule has 0 aliphatic rings. The molecule has 0 saturated heterocycles. The number of ether oxygens (including phenoxy) is 1. The molecule has 0 saturated carbocycles. The van der Waals surface area contributed by atoms with E-state index in [4.69, 9.17) is 33.0 Å². The molecule has 0 aromatic heterocycles. The van der Waals surface area contributed by atoms with E-state index in [-0.39, 0.29) is 34.4 Å². The van der Waals surface area contributed by atoms with Gasteiger partial charge in [0.05, 0.1) is 22.9 Å². The molecule has 0 spiro atoms. The Bertz CT molecular complexity index is 606. The van der Waals surface area contributed by atoms with Crippen LogP contribution < -0.4 is 9.44 Å². The topological polar surface area (TPSA) is 105 Å². The van der Waals surface area contributed by atoms with Crippen LogP contribution in [0.4, 0.5) is 5.69 Å². The summed E-state index contributed by atoms with van der Waals surface area (Å²) in [6.45, 7) is 0.195. The Balaban J connectivity index is 3.05. The third kappa shape index (κ3) is 4.80. The van der Waals surface area contributed by atoms with Gasteiger partial charge in [-0.1, -0.05) is 23.2 Å². The van der Waals surface area contributed by atoms with Crippen molar-refractivity contribution in [2.75, 3.05) is 25.0 Å². The standard InChI is InChI=1S/C10H12Cl2N2O5S/c1-19-3-2-13-20(17,18)14-9-7(10(15)16)4-6(11)5-8(9)12/h4-5,13-14H,2-3H2,1H3,(H,15,16). The van der Waals surface area contributed by atoms with Crippen molar-refractivity contribution in [1.29, 1.82) is 0 Å². The molecule has 0 aliphatic heterocycles. The number of hydrogen-bond acceptors (Lipinski definition) is 4. The van der Waals surface area contributed by atoms with E-state index in [1.165, 1.54) is 13.2 Å². The third-order valence-electron chi connectivity index (χ3n) is 2.12. The highest BCUT2D eigenvalue weighted by Gasteiger charge is 2.19. The second-order valence-corrected chi connectivity index (χ2v) is 5.95. The molecule has 1 aromatic carbocycles. The van der Waals surface area contributed by atoms with E-state index in [1.807, 2.05) is 0 Å². The van der Waals surface area contributed by atoms with Crippen molar-refractivity contribution in [2.45, 2.75) is 0 Å². The molecule has 0 atom stereocenters. The van der Waals surface area contributed by atoms with Gasteiger partial charge < -0.3 is 9.84 Å². The molecule has 1 rings (SSSR count). The minimum Gasteiger partial charge on any atom is -0.478 e. The molecule has 7 nitrogen and oxygen atoms in total. The SMILES string of the molecule is COCCNS(=O)(=O)Nc1c(Cl)cc(Cl)cc1C(=O)O. The van der Waals surface area contributed by atoms with Crippen LogP contribution in [0.5, 0.6) is 0 Å².